The Hall–Kier alpha value is -1.22. The lowest BCUT2D eigenvalue weighted by Gasteiger charge is -2.17. The summed E-state index contributed by atoms with van der Waals surface area (Å²) >= 11 is 6.01. The van der Waals surface area contributed by atoms with Crippen LogP contribution in [0.15, 0.2) is 24.3 Å². The Morgan fingerprint density at radius 2 is 2.12 bits per heavy atom. The van der Waals surface area contributed by atoms with E-state index in [1.807, 2.05) is 24.3 Å². The predicted octanol–water partition coefficient (Wildman–Crippen LogP) is 3.28. The average molecular weight is 255 g/mol. The second-order valence-electron chi connectivity index (χ2n) is 4.03. The van der Waals surface area contributed by atoms with E-state index in [2.05, 4.69) is 12.2 Å². The minimum Gasteiger partial charge on any atom is -0.334 e. The fourth-order valence-corrected chi connectivity index (χ4v) is 1.65. The van der Waals surface area contributed by atoms with Crippen LogP contribution in [-0.2, 0) is 6.54 Å². The number of nitrogens with one attached hydrogen (secondary N) is 1. The van der Waals surface area contributed by atoms with Crippen molar-refractivity contribution in [3.05, 3.63) is 34.9 Å². The Morgan fingerprint density at radius 1 is 1.41 bits per heavy atom. The quantitative estimate of drug-likeness (QED) is 0.859. The third-order valence-corrected chi connectivity index (χ3v) is 2.95. The van der Waals surface area contributed by atoms with E-state index in [4.69, 9.17) is 11.6 Å². The molecule has 1 rings (SSSR count). The SMILES string of the molecule is CCCCN(C)C(=O)NCc1ccccc1Cl. The zero-order chi connectivity index (χ0) is 12.7. The highest BCUT2D eigenvalue weighted by molar-refractivity contribution is 6.31. The molecule has 17 heavy (non-hydrogen) atoms. The standard InChI is InChI=1S/C13H19ClN2O/c1-3-4-9-16(2)13(17)15-10-11-7-5-6-8-12(11)14/h5-8H,3-4,9-10H2,1-2H3,(H,15,17). The first-order chi connectivity index (χ1) is 8.15. The Bertz CT molecular complexity index is 368. The van der Waals surface area contributed by atoms with Crippen molar-refractivity contribution in [1.29, 1.82) is 0 Å². The highest BCUT2D eigenvalue weighted by Gasteiger charge is 2.07. The molecule has 1 N–H and O–H groups in total. The third kappa shape index (κ3) is 4.65. The minimum absolute atomic E-state index is 0.0571. The van der Waals surface area contributed by atoms with Gasteiger partial charge in [0.2, 0.25) is 0 Å². The number of nitrogens with zero attached hydrogens (tertiary/aromatic N) is 1. The minimum atomic E-state index is -0.0571. The van der Waals surface area contributed by atoms with E-state index in [1.165, 1.54) is 0 Å². The second kappa shape index (κ2) is 7.17. The van der Waals surface area contributed by atoms with Gasteiger partial charge in [0.1, 0.15) is 0 Å². The van der Waals surface area contributed by atoms with E-state index < -0.39 is 0 Å². The van der Waals surface area contributed by atoms with E-state index in [0.717, 1.165) is 24.9 Å². The maximum Gasteiger partial charge on any atom is 0.317 e. The fraction of sp³-hybridized carbons (Fsp3) is 0.462. The Labute approximate surface area is 108 Å². The first-order valence-corrected chi connectivity index (χ1v) is 6.25. The van der Waals surface area contributed by atoms with E-state index >= 15 is 0 Å². The number of urea groups is 1. The molecule has 0 fully saturated rings. The smallest absolute Gasteiger partial charge is 0.317 e. The zero-order valence-corrected chi connectivity index (χ0v) is 11.1. The number of carbonyl (C=O) groups is 1. The van der Waals surface area contributed by atoms with E-state index in [0.29, 0.717) is 11.6 Å². The Morgan fingerprint density at radius 3 is 2.76 bits per heavy atom. The molecule has 3 nitrogen and oxygen atoms in total. The number of hydrogen-bond acceptors (Lipinski definition) is 1. The number of amides is 2. The van der Waals surface area contributed by atoms with Gasteiger partial charge in [-0.05, 0) is 18.1 Å². The van der Waals surface area contributed by atoms with E-state index in [1.54, 1.807) is 11.9 Å². The van der Waals surface area contributed by atoms with Crippen LogP contribution >= 0.6 is 11.6 Å². The van der Waals surface area contributed by atoms with Crippen LogP contribution < -0.4 is 5.32 Å². The first-order valence-electron chi connectivity index (χ1n) is 5.87. The first kappa shape index (κ1) is 13.8. The van der Waals surface area contributed by atoms with Crippen molar-refractivity contribution in [2.45, 2.75) is 26.3 Å². The lowest BCUT2D eigenvalue weighted by atomic mass is 10.2. The monoisotopic (exact) mass is 254 g/mol. The molecule has 0 aliphatic carbocycles. The lowest BCUT2D eigenvalue weighted by Crippen LogP contribution is -2.37. The molecule has 0 saturated heterocycles. The number of halogens is 1. The molecule has 0 saturated carbocycles. The van der Waals surface area contributed by atoms with Gasteiger partial charge in [0, 0.05) is 25.2 Å². The summed E-state index contributed by atoms with van der Waals surface area (Å²) in [4.78, 5) is 13.4. The molecule has 0 atom stereocenters. The van der Waals surface area contributed by atoms with E-state index in [9.17, 15) is 4.79 Å². The van der Waals surface area contributed by atoms with E-state index in [-0.39, 0.29) is 6.03 Å². The van der Waals surface area contributed by atoms with Crippen molar-refractivity contribution in [2.75, 3.05) is 13.6 Å². The number of unbranched alkanes of at least 4 members (excludes halogenated alkanes) is 1. The molecule has 0 heterocycles. The van der Waals surface area contributed by atoms with Crippen molar-refractivity contribution < 1.29 is 4.79 Å². The number of benzene rings is 1. The molecular weight excluding hydrogens is 236 g/mol. The molecule has 0 radical (unpaired) electrons. The van der Waals surface area contributed by atoms with Gasteiger partial charge >= 0.3 is 6.03 Å². The fourth-order valence-electron chi connectivity index (χ4n) is 1.44. The van der Waals surface area contributed by atoms with Gasteiger partial charge in [-0.3, -0.25) is 0 Å². The molecule has 0 aliphatic rings. The van der Waals surface area contributed by atoms with Gasteiger partial charge in [0.25, 0.3) is 0 Å². The summed E-state index contributed by atoms with van der Waals surface area (Å²) in [5, 5.41) is 3.54. The molecule has 0 aromatic heterocycles. The van der Waals surface area contributed by atoms with Crippen molar-refractivity contribution in [3.8, 4) is 0 Å². The van der Waals surface area contributed by atoms with Crippen LogP contribution in [0.2, 0.25) is 5.02 Å². The number of rotatable bonds is 5. The van der Waals surface area contributed by atoms with Gasteiger partial charge in [-0.2, -0.15) is 0 Å². The Kier molecular flexibility index (Phi) is 5.84. The van der Waals surface area contributed by atoms with Gasteiger partial charge in [0.15, 0.2) is 0 Å². The average Bonchev–Trinajstić information content (AvgIpc) is 2.34. The zero-order valence-electron chi connectivity index (χ0n) is 10.4. The third-order valence-electron chi connectivity index (χ3n) is 2.58. The largest absolute Gasteiger partial charge is 0.334 e. The van der Waals surface area contributed by atoms with Crippen LogP contribution in [0.1, 0.15) is 25.3 Å². The van der Waals surface area contributed by atoms with Crippen LogP contribution in [0.5, 0.6) is 0 Å². The summed E-state index contributed by atoms with van der Waals surface area (Å²) in [6.07, 6.45) is 2.11. The summed E-state index contributed by atoms with van der Waals surface area (Å²) in [7, 11) is 1.80. The van der Waals surface area contributed by atoms with Crippen molar-refractivity contribution in [3.63, 3.8) is 0 Å². The normalized spacial score (nSPS) is 10.1. The summed E-state index contributed by atoms with van der Waals surface area (Å²) in [6.45, 7) is 3.36. The topological polar surface area (TPSA) is 32.3 Å². The highest BCUT2D eigenvalue weighted by atomic mass is 35.5. The summed E-state index contributed by atoms with van der Waals surface area (Å²) in [5.41, 5.74) is 0.936. The maximum absolute atomic E-state index is 11.7. The molecule has 0 aliphatic heterocycles. The lowest BCUT2D eigenvalue weighted by molar-refractivity contribution is 0.207. The second-order valence-corrected chi connectivity index (χ2v) is 4.43. The molecule has 0 unspecified atom stereocenters. The molecule has 2 amide bonds. The predicted molar refractivity (Wildman–Crippen MR) is 71.2 cm³/mol. The van der Waals surface area contributed by atoms with Crippen molar-refractivity contribution in [1.82, 2.24) is 10.2 Å². The van der Waals surface area contributed by atoms with Gasteiger partial charge in [-0.1, -0.05) is 43.1 Å². The van der Waals surface area contributed by atoms with Crippen molar-refractivity contribution >= 4 is 17.6 Å². The molecule has 94 valence electrons. The molecule has 0 spiro atoms. The maximum atomic E-state index is 11.7. The van der Waals surface area contributed by atoms with Gasteiger partial charge in [0.05, 0.1) is 0 Å². The Balaban J connectivity index is 2.40. The molecular formula is C13H19ClN2O. The molecule has 4 heteroatoms. The van der Waals surface area contributed by atoms with Crippen LogP contribution in [0.25, 0.3) is 0 Å². The number of carbonyl (C=O) groups excluding carboxylic acids is 1. The molecule has 0 bridgehead atoms. The molecule has 1 aromatic rings. The van der Waals surface area contributed by atoms with Crippen molar-refractivity contribution in [2.24, 2.45) is 0 Å². The summed E-state index contributed by atoms with van der Waals surface area (Å²) < 4.78 is 0. The number of hydrogen-bond donors (Lipinski definition) is 1. The highest BCUT2D eigenvalue weighted by Crippen LogP contribution is 2.14. The van der Waals surface area contributed by atoms with Crippen LogP contribution in [0, 0.1) is 0 Å². The van der Waals surface area contributed by atoms with Crippen LogP contribution in [-0.4, -0.2) is 24.5 Å². The van der Waals surface area contributed by atoms with Gasteiger partial charge in [-0.15, -0.1) is 0 Å². The summed E-state index contributed by atoms with van der Waals surface area (Å²) in [6, 6.07) is 7.46. The van der Waals surface area contributed by atoms with Gasteiger partial charge in [-0.25, -0.2) is 4.79 Å². The summed E-state index contributed by atoms with van der Waals surface area (Å²) in [5.74, 6) is 0. The van der Waals surface area contributed by atoms with Crippen LogP contribution in [0.3, 0.4) is 0 Å². The van der Waals surface area contributed by atoms with Gasteiger partial charge < -0.3 is 10.2 Å². The molecule has 1 aromatic carbocycles. The van der Waals surface area contributed by atoms with Crippen LogP contribution in [0.4, 0.5) is 4.79 Å².